The number of hydrogen-bond acceptors (Lipinski definition) is 4. The molecule has 9 heteroatoms. The Morgan fingerprint density at radius 3 is 2.38 bits per heavy atom. The number of nitrogens with one attached hydrogen (secondary N) is 1. The van der Waals surface area contributed by atoms with Crippen LogP contribution >= 0.6 is 0 Å². The first kappa shape index (κ1) is 20.8. The van der Waals surface area contributed by atoms with Crippen molar-refractivity contribution in [3.05, 3.63) is 30.1 Å². The van der Waals surface area contributed by atoms with E-state index < -0.39 is 11.7 Å². The van der Waals surface area contributed by atoms with Crippen molar-refractivity contribution in [2.75, 3.05) is 31.1 Å². The molecule has 2 heterocycles. The molecule has 0 spiro atoms. The van der Waals surface area contributed by atoms with Gasteiger partial charge in [0.05, 0.1) is 5.92 Å². The Balaban J connectivity index is 1.42. The third-order valence-corrected chi connectivity index (χ3v) is 5.52. The summed E-state index contributed by atoms with van der Waals surface area (Å²) >= 11 is 0. The van der Waals surface area contributed by atoms with E-state index in [1.165, 1.54) is 29.2 Å². The molecule has 3 N–H and O–H groups in total. The lowest BCUT2D eigenvalue weighted by atomic mass is 9.96. The molecule has 0 bridgehead atoms. The van der Waals surface area contributed by atoms with Gasteiger partial charge >= 0.3 is 0 Å². The van der Waals surface area contributed by atoms with Crippen molar-refractivity contribution in [2.24, 2.45) is 17.6 Å². The Kier molecular flexibility index (Phi) is 6.46. The summed E-state index contributed by atoms with van der Waals surface area (Å²) in [6.45, 7) is 1.40. The maximum absolute atomic E-state index is 13.1. The van der Waals surface area contributed by atoms with E-state index in [0.717, 1.165) is 0 Å². The predicted molar refractivity (Wildman–Crippen MR) is 103 cm³/mol. The van der Waals surface area contributed by atoms with Gasteiger partial charge in [-0.25, -0.2) is 4.39 Å². The van der Waals surface area contributed by atoms with Crippen molar-refractivity contribution in [1.29, 1.82) is 0 Å². The van der Waals surface area contributed by atoms with Gasteiger partial charge in [-0.05, 0) is 37.1 Å². The van der Waals surface area contributed by atoms with Crippen molar-refractivity contribution in [2.45, 2.75) is 25.7 Å². The van der Waals surface area contributed by atoms with Crippen LogP contribution in [0.25, 0.3) is 0 Å². The van der Waals surface area contributed by atoms with E-state index in [0.29, 0.717) is 31.6 Å². The highest BCUT2D eigenvalue weighted by molar-refractivity contribution is 6.00. The summed E-state index contributed by atoms with van der Waals surface area (Å²) in [5, 5.41) is 2.72. The fourth-order valence-corrected chi connectivity index (χ4v) is 3.76. The van der Waals surface area contributed by atoms with Crippen molar-refractivity contribution in [1.82, 2.24) is 10.2 Å². The van der Waals surface area contributed by atoms with Gasteiger partial charge in [0.25, 0.3) is 0 Å². The van der Waals surface area contributed by atoms with E-state index in [-0.39, 0.29) is 55.5 Å². The van der Waals surface area contributed by atoms with E-state index in [1.54, 1.807) is 4.90 Å². The minimum atomic E-state index is -0.506. The van der Waals surface area contributed by atoms with Crippen LogP contribution in [0.1, 0.15) is 25.7 Å². The topological polar surface area (TPSA) is 113 Å². The molecule has 0 saturated carbocycles. The van der Waals surface area contributed by atoms with Crippen LogP contribution in [-0.4, -0.2) is 54.7 Å². The standard InChI is InChI=1S/C20H25FN4O4/c21-15-1-3-16(4-2-15)25-12-14(11-18(25)27)20(29)23-8-5-17(26)24-9-6-13(7-10-24)19(22)28/h1-4,13-14H,5-12H2,(H2,22,28)(H,23,29). The third-order valence-electron chi connectivity index (χ3n) is 5.52. The van der Waals surface area contributed by atoms with Crippen LogP contribution in [0.5, 0.6) is 0 Å². The first-order chi connectivity index (χ1) is 13.8. The number of carbonyl (C=O) groups is 4. The fourth-order valence-electron chi connectivity index (χ4n) is 3.76. The summed E-state index contributed by atoms with van der Waals surface area (Å²) in [6.07, 6.45) is 1.38. The summed E-state index contributed by atoms with van der Waals surface area (Å²) in [5.74, 6) is -1.95. The lowest BCUT2D eigenvalue weighted by molar-refractivity contribution is -0.135. The number of primary amides is 1. The van der Waals surface area contributed by atoms with E-state index in [9.17, 15) is 23.6 Å². The molecule has 156 valence electrons. The van der Waals surface area contributed by atoms with Crippen molar-refractivity contribution in [3.8, 4) is 0 Å². The molecule has 29 heavy (non-hydrogen) atoms. The summed E-state index contributed by atoms with van der Waals surface area (Å²) in [6, 6.07) is 5.56. The average Bonchev–Trinajstić information content (AvgIpc) is 3.10. The van der Waals surface area contributed by atoms with Gasteiger partial charge in [0.1, 0.15) is 5.82 Å². The number of amides is 4. The van der Waals surface area contributed by atoms with Crippen molar-refractivity contribution in [3.63, 3.8) is 0 Å². The molecule has 2 saturated heterocycles. The van der Waals surface area contributed by atoms with Gasteiger partial charge in [0.15, 0.2) is 0 Å². The van der Waals surface area contributed by atoms with Gasteiger partial charge in [-0.1, -0.05) is 0 Å². The fraction of sp³-hybridized carbons (Fsp3) is 0.500. The normalized spacial score (nSPS) is 20.0. The molecular formula is C20H25FN4O4. The zero-order valence-corrected chi connectivity index (χ0v) is 16.1. The van der Waals surface area contributed by atoms with E-state index in [1.807, 2.05) is 0 Å². The molecule has 2 fully saturated rings. The maximum atomic E-state index is 13.1. The van der Waals surface area contributed by atoms with Gasteiger partial charge < -0.3 is 20.9 Å². The highest BCUT2D eigenvalue weighted by atomic mass is 19.1. The molecule has 0 aromatic heterocycles. The monoisotopic (exact) mass is 404 g/mol. The zero-order valence-electron chi connectivity index (χ0n) is 16.1. The second-order valence-corrected chi connectivity index (χ2v) is 7.48. The van der Waals surface area contributed by atoms with Crippen LogP contribution in [0.2, 0.25) is 0 Å². The first-order valence-corrected chi connectivity index (χ1v) is 9.76. The highest BCUT2D eigenvalue weighted by Gasteiger charge is 2.35. The number of hydrogen-bond donors (Lipinski definition) is 2. The lowest BCUT2D eigenvalue weighted by Gasteiger charge is -2.30. The molecule has 3 rings (SSSR count). The summed E-state index contributed by atoms with van der Waals surface area (Å²) < 4.78 is 13.1. The van der Waals surface area contributed by atoms with Gasteiger partial charge in [0, 0.05) is 50.6 Å². The molecule has 0 aliphatic carbocycles. The molecular weight excluding hydrogens is 379 g/mol. The van der Waals surface area contributed by atoms with E-state index in [4.69, 9.17) is 5.73 Å². The molecule has 4 amide bonds. The molecule has 1 aromatic carbocycles. The van der Waals surface area contributed by atoms with Crippen LogP contribution in [0.3, 0.4) is 0 Å². The van der Waals surface area contributed by atoms with Crippen LogP contribution in [-0.2, 0) is 19.2 Å². The van der Waals surface area contributed by atoms with E-state index >= 15 is 0 Å². The van der Waals surface area contributed by atoms with Crippen LogP contribution in [0.15, 0.2) is 24.3 Å². The molecule has 2 aliphatic rings. The largest absolute Gasteiger partial charge is 0.369 e. The Labute approximate surface area is 168 Å². The molecule has 2 aliphatic heterocycles. The van der Waals surface area contributed by atoms with Crippen molar-refractivity contribution >= 4 is 29.3 Å². The first-order valence-electron chi connectivity index (χ1n) is 9.76. The van der Waals surface area contributed by atoms with E-state index in [2.05, 4.69) is 5.32 Å². The minimum absolute atomic E-state index is 0.0799. The summed E-state index contributed by atoms with van der Waals surface area (Å²) in [4.78, 5) is 51.2. The molecule has 8 nitrogen and oxygen atoms in total. The second-order valence-electron chi connectivity index (χ2n) is 7.48. The number of halogens is 1. The number of piperidine rings is 1. The second kappa shape index (κ2) is 9.02. The summed E-state index contributed by atoms with van der Waals surface area (Å²) in [7, 11) is 0. The maximum Gasteiger partial charge on any atom is 0.227 e. The van der Waals surface area contributed by atoms with Crippen LogP contribution in [0, 0.1) is 17.7 Å². The number of anilines is 1. The number of likely N-dealkylation sites (tertiary alicyclic amines) is 1. The number of nitrogens with two attached hydrogens (primary N) is 1. The van der Waals surface area contributed by atoms with Gasteiger partial charge in [-0.2, -0.15) is 0 Å². The van der Waals surface area contributed by atoms with Crippen molar-refractivity contribution < 1.29 is 23.6 Å². The highest BCUT2D eigenvalue weighted by Crippen LogP contribution is 2.25. The quantitative estimate of drug-likeness (QED) is 0.715. The molecule has 1 aromatic rings. The molecule has 1 atom stereocenters. The van der Waals surface area contributed by atoms with Gasteiger partial charge in [-0.15, -0.1) is 0 Å². The Hall–Kier alpha value is -2.97. The zero-order chi connectivity index (χ0) is 21.0. The van der Waals surface area contributed by atoms with Crippen LogP contribution in [0.4, 0.5) is 10.1 Å². The number of carbonyl (C=O) groups excluding carboxylic acids is 4. The number of benzene rings is 1. The minimum Gasteiger partial charge on any atom is -0.369 e. The molecule has 1 unspecified atom stereocenters. The number of rotatable bonds is 6. The predicted octanol–water partition coefficient (Wildman–Crippen LogP) is 0.409. The van der Waals surface area contributed by atoms with Gasteiger partial charge in [0.2, 0.25) is 23.6 Å². The Morgan fingerprint density at radius 1 is 1.10 bits per heavy atom. The SMILES string of the molecule is NC(=O)C1CCN(C(=O)CCNC(=O)C2CC(=O)N(c3ccc(F)cc3)C2)CC1. The smallest absolute Gasteiger partial charge is 0.227 e. The van der Waals surface area contributed by atoms with Gasteiger partial charge in [-0.3, -0.25) is 19.2 Å². The third kappa shape index (κ3) is 5.10. The van der Waals surface area contributed by atoms with Crippen LogP contribution < -0.4 is 16.0 Å². The Morgan fingerprint density at radius 2 is 1.76 bits per heavy atom. The average molecular weight is 404 g/mol. The Bertz CT molecular complexity index is 790. The lowest BCUT2D eigenvalue weighted by Crippen LogP contribution is -2.43. The summed E-state index contributed by atoms with van der Waals surface area (Å²) in [5.41, 5.74) is 5.85. The number of nitrogens with zero attached hydrogens (tertiary/aromatic N) is 2. The molecule has 0 radical (unpaired) electrons.